The number of nitrogens with zero attached hydrogens (tertiary/aromatic N) is 1. The molecule has 21 heavy (non-hydrogen) atoms. The zero-order valence-electron chi connectivity index (χ0n) is 11.4. The number of pyridine rings is 1. The van der Waals surface area contributed by atoms with Gasteiger partial charge in [-0.25, -0.2) is 4.98 Å². The van der Waals surface area contributed by atoms with E-state index in [0.29, 0.717) is 24.7 Å². The number of halogens is 3. The van der Waals surface area contributed by atoms with Gasteiger partial charge in [0, 0.05) is 12.7 Å². The van der Waals surface area contributed by atoms with Gasteiger partial charge < -0.3 is 10.1 Å². The number of hydrogen-bond donors (Lipinski definition) is 1. The van der Waals surface area contributed by atoms with Crippen molar-refractivity contribution >= 4 is 5.69 Å². The standard InChI is InChI=1S/C15H15F3N2O/c1-2-21-14-13(4-3-9-19-14)20-10-11-5-7-12(8-6-11)15(16,17)18/h3-9,20H,2,10H2,1H3. The molecule has 1 heterocycles. The summed E-state index contributed by atoms with van der Waals surface area (Å²) < 4.78 is 42.8. The van der Waals surface area contributed by atoms with Crippen molar-refractivity contribution in [3.05, 3.63) is 53.7 Å². The fraction of sp³-hybridized carbons (Fsp3) is 0.267. The number of aromatic nitrogens is 1. The summed E-state index contributed by atoms with van der Waals surface area (Å²) in [5, 5.41) is 3.10. The molecule has 0 bridgehead atoms. The molecule has 0 aliphatic heterocycles. The lowest BCUT2D eigenvalue weighted by atomic mass is 10.1. The van der Waals surface area contributed by atoms with Crippen LogP contribution in [0.5, 0.6) is 5.88 Å². The highest BCUT2D eigenvalue weighted by Crippen LogP contribution is 2.29. The van der Waals surface area contributed by atoms with E-state index in [-0.39, 0.29) is 0 Å². The quantitative estimate of drug-likeness (QED) is 0.901. The van der Waals surface area contributed by atoms with E-state index in [1.165, 1.54) is 12.1 Å². The minimum absolute atomic E-state index is 0.393. The summed E-state index contributed by atoms with van der Waals surface area (Å²) in [5.41, 5.74) is 0.802. The van der Waals surface area contributed by atoms with E-state index in [0.717, 1.165) is 17.7 Å². The van der Waals surface area contributed by atoms with Gasteiger partial charge in [0.1, 0.15) is 0 Å². The normalized spacial score (nSPS) is 11.2. The molecule has 3 nitrogen and oxygen atoms in total. The molecule has 0 atom stereocenters. The average Bonchev–Trinajstić information content (AvgIpc) is 2.46. The predicted molar refractivity (Wildman–Crippen MR) is 74.2 cm³/mol. The third kappa shape index (κ3) is 4.11. The number of anilines is 1. The highest BCUT2D eigenvalue weighted by molar-refractivity contribution is 5.52. The van der Waals surface area contributed by atoms with Gasteiger partial charge in [-0.2, -0.15) is 13.2 Å². The Morgan fingerprint density at radius 3 is 2.48 bits per heavy atom. The highest BCUT2D eigenvalue weighted by Gasteiger charge is 2.29. The SMILES string of the molecule is CCOc1ncccc1NCc1ccc(C(F)(F)F)cc1. The number of alkyl halides is 3. The molecule has 6 heteroatoms. The second-order valence-corrected chi connectivity index (χ2v) is 4.34. The molecule has 0 radical (unpaired) electrons. The van der Waals surface area contributed by atoms with Gasteiger partial charge in [-0.15, -0.1) is 0 Å². The zero-order chi connectivity index (χ0) is 15.3. The molecule has 0 amide bonds. The van der Waals surface area contributed by atoms with Crippen molar-refractivity contribution in [2.45, 2.75) is 19.6 Å². The molecule has 0 saturated heterocycles. The van der Waals surface area contributed by atoms with Gasteiger partial charge >= 0.3 is 6.18 Å². The van der Waals surface area contributed by atoms with Gasteiger partial charge in [0.05, 0.1) is 17.9 Å². The lowest BCUT2D eigenvalue weighted by Gasteiger charge is -2.12. The van der Waals surface area contributed by atoms with Crippen LogP contribution < -0.4 is 10.1 Å². The topological polar surface area (TPSA) is 34.1 Å². The maximum atomic E-state index is 12.5. The maximum Gasteiger partial charge on any atom is 0.416 e. The Balaban J connectivity index is 2.03. The van der Waals surface area contributed by atoms with E-state index in [1.807, 2.05) is 13.0 Å². The van der Waals surface area contributed by atoms with Gasteiger partial charge in [0.25, 0.3) is 0 Å². The summed E-state index contributed by atoms with van der Waals surface area (Å²) in [5.74, 6) is 0.479. The van der Waals surface area contributed by atoms with Crippen molar-refractivity contribution in [3.8, 4) is 5.88 Å². The molecule has 0 spiro atoms. The average molecular weight is 296 g/mol. The van der Waals surface area contributed by atoms with Gasteiger partial charge in [-0.05, 0) is 36.8 Å². The summed E-state index contributed by atoms with van der Waals surface area (Å²) in [6.45, 7) is 2.74. The number of ether oxygens (including phenoxy) is 1. The van der Waals surface area contributed by atoms with Crippen molar-refractivity contribution in [1.82, 2.24) is 4.98 Å². The van der Waals surface area contributed by atoms with Gasteiger partial charge in [0.15, 0.2) is 0 Å². The summed E-state index contributed by atoms with van der Waals surface area (Å²) in [7, 11) is 0. The Morgan fingerprint density at radius 1 is 1.14 bits per heavy atom. The molecule has 2 rings (SSSR count). The van der Waals surface area contributed by atoms with E-state index in [1.54, 1.807) is 12.3 Å². The first kappa shape index (κ1) is 15.2. The Kier molecular flexibility index (Phi) is 4.67. The van der Waals surface area contributed by atoms with Gasteiger partial charge in [-0.3, -0.25) is 0 Å². The first-order chi connectivity index (χ1) is 10.0. The molecule has 2 aromatic rings. The minimum atomic E-state index is -4.31. The summed E-state index contributed by atoms with van der Waals surface area (Å²) in [4.78, 5) is 4.09. The molecule has 0 fully saturated rings. The minimum Gasteiger partial charge on any atom is -0.476 e. The molecule has 0 aliphatic rings. The van der Waals surface area contributed by atoms with Crippen LogP contribution in [0.3, 0.4) is 0 Å². The Bertz CT molecular complexity index is 582. The molecule has 0 aliphatic carbocycles. The molecule has 112 valence electrons. The predicted octanol–water partition coefficient (Wildman–Crippen LogP) is 4.11. The third-order valence-electron chi connectivity index (χ3n) is 2.82. The summed E-state index contributed by atoms with van der Waals surface area (Å²) in [6.07, 6.45) is -2.69. The highest BCUT2D eigenvalue weighted by atomic mass is 19.4. The van der Waals surface area contributed by atoms with Crippen LogP contribution in [0, 0.1) is 0 Å². The Hall–Kier alpha value is -2.24. The monoisotopic (exact) mass is 296 g/mol. The van der Waals surface area contributed by atoms with Crippen LogP contribution in [0.15, 0.2) is 42.6 Å². The maximum absolute atomic E-state index is 12.5. The lowest BCUT2D eigenvalue weighted by Crippen LogP contribution is -2.06. The van der Waals surface area contributed by atoms with Crippen molar-refractivity contribution in [2.24, 2.45) is 0 Å². The number of benzene rings is 1. The van der Waals surface area contributed by atoms with E-state index < -0.39 is 11.7 Å². The van der Waals surface area contributed by atoms with Gasteiger partial charge in [-0.1, -0.05) is 12.1 Å². The van der Waals surface area contributed by atoms with Crippen LogP contribution in [-0.4, -0.2) is 11.6 Å². The second-order valence-electron chi connectivity index (χ2n) is 4.34. The molecule has 0 unspecified atom stereocenters. The van der Waals surface area contributed by atoms with Crippen molar-refractivity contribution in [3.63, 3.8) is 0 Å². The molecule has 1 aromatic carbocycles. The molecule has 0 saturated carbocycles. The third-order valence-corrected chi connectivity index (χ3v) is 2.82. The van der Waals surface area contributed by atoms with Crippen molar-refractivity contribution < 1.29 is 17.9 Å². The van der Waals surface area contributed by atoms with Crippen LogP contribution >= 0.6 is 0 Å². The lowest BCUT2D eigenvalue weighted by molar-refractivity contribution is -0.137. The van der Waals surface area contributed by atoms with Crippen molar-refractivity contribution in [2.75, 3.05) is 11.9 Å². The van der Waals surface area contributed by atoms with Crippen LogP contribution in [-0.2, 0) is 12.7 Å². The number of nitrogens with one attached hydrogen (secondary N) is 1. The van der Waals surface area contributed by atoms with Crippen molar-refractivity contribution in [1.29, 1.82) is 0 Å². The van der Waals surface area contributed by atoms with E-state index in [2.05, 4.69) is 10.3 Å². The first-order valence-corrected chi connectivity index (χ1v) is 6.48. The largest absolute Gasteiger partial charge is 0.476 e. The number of rotatable bonds is 5. The Labute approximate surface area is 120 Å². The summed E-state index contributed by atoms with van der Waals surface area (Å²) >= 11 is 0. The van der Waals surface area contributed by atoms with E-state index >= 15 is 0 Å². The van der Waals surface area contributed by atoms with Gasteiger partial charge in [0.2, 0.25) is 5.88 Å². The van der Waals surface area contributed by atoms with Crippen LogP contribution in [0.4, 0.5) is 18.9 Å². The van der Waals surface area contributed by atoms with E-state index in [4.69, 9.17) is 4.74 Å². The Morgan fingerprint density at radius 2 is 1.86 bits per heavy atom. The fourth-order valence-electron chi connectivity index (χ4n) is 1.79. The van der Waals surface area contributed by atoms with Crippen LogP contribution in [0.2, 0.25) is 0 Å². The molecule has 1 aromatic heterocycles. The van der Waals surface area contributed by atoms with E-state index in [9.17, 15) is 13.2 Å². The molecule has 1 N–H and O–H groups in total. The number of hydrogen-bond acceptors (Lipinski definition) is 3. The zero-order valence-corrected chi connectivity index (χ0v) is 11.4. The summed E-state index contributed by atoms with van der Waals surface area (Å²) in [6, 6.07) is 8.62. The smallest absolute Gasteiger partial charge is 0.416 e. The fourth-order valence-corrected chi connectivity index (χ4v) is 1.79. The van der Waals surface area contributed by atoms with Crippen LogP contribution in [0.25, 0.3) is 0 Å². The van der Waals surface area contributed by atoms with Crippen LogP contribution in [0.1, 0.15) is 18.1 Å². The molecular formula is C15H15F3N2O. The first-order valence-electron chi connectivity index (χ1n) is 6.48. The molecular weight excluding hydrogens is 281 g/mol. The second kappa shape index (κ2) is 6.47.